The summed E-state index contributed by atoms with van der Waals surface area (Å²) >= 11 is 0. The van der Waals surface area contributed by atoms with Crippen LogP contribution in [0.3, 0.4) is 0 Å². The Labute approximate surface area is 312 Å². The zero-order valence-corrected chi connectivity index (χ0v) is 37.3. The molecule has 0 spiro atoms. The predicted molar refractivity (Wildman–Crippen MR) is 201 cm³/mol. The van der Waals surface area contributed by atoms with Gasteiger partial charge in [0, 0.05) is 0 Å². The monoisotopic (exact) mass is 696 g/mol. The van der Waals surface area contributed by atoms with E-state index in [0.717, 1.165) is 24.3 Å². The predicted octanol–water partition coefficient (Wildman–Crippen LogP) is 12.9. The van der Waals surface area contributed by atoms with Crippen LogP contribution in [0.2, 0.25) is 18.6 Å². The Hall–Kier alpha value is 0.785. The van der Waals surface area contributed by atoms with Gasteiger partial charge in [0.2, 0.25) is 0 Å². The van der Waals surface area contributed by atoms with Crippen LogP contribution in [0.5, 0.6) is 0 Å². The molecule has 10 unspecified atom stereocenters. The van der Waals surface area contributed by atoms with Gasteiger partial charge in [-0.25, -0.2) is 0 Å². The van der Waals surface area contributed by atoms with Crippen molar-refractivity contribution in [2.45, 2.75) is 125 Å². The van der Waals surface area contributed by atoms with Crippen LogP contribution >= 0.6 is 0 Å². The molecule has 1 aromatic carbocycles. The minimum Gasteiger partial charge on any atom is -0.660 e. The number of rotatable bonds is 6. The molecule has 0 aromatic heterocycles. The molecule has 2 saturated carbocycles. The Morgan fingerprint density at radius 2 is 0.909 bits per heavy atom. The first-order valence-electron chi connectivity index (χ1n) is 14.9. The second kappa shape index (κ2) is 21.0. The van der Waals surface area contributed by atoms with Gasteiger partial charge in [-0.2, -0.15) is 0 Å². The zero-order chi connectivity index (χ0) is 27.4. The SMILES string of the molecule is CC1C(C)C(C[N-]C(C)(C)C)C(c2ccc(C3C(C)C(C)C(C)C3[Si](C)(C)[N-]C(C)(C)C)cc2)C1C.[CH3-].[CH3-].[CH3-].[CH3-].[CH3-].[CH3-].[Ti+4].[Ti+4]. The molecular weight excluding hydrogens is 620 g/mol. The molecule has 0 bridgehead atoms. The fraction of sp³-hybridized carbons (Fsp3) is 0.692. The van der Waals surface area contributed by atoms with Gasteiger partial charge in [0.25, 0.3) is 0 Å². The fourth-order valence-electron chi connectivity index (χ4n) is 8.38. The van der Waals surface area contributed by atoms with Crippen LogP contribution in [0, 0.1) is 86.0 Å². The molecule has 10 atom stereocenters. The van der Waals surface area contributed by atoms with Crippen LogP contribution in [-0.4, -0.2) is 25.9 Å². The molecular formula is C39H76N2SiTi2. The van der Waals surface area contributed by atoms with Gasteiger partial charge in [-0.3, -0.25) is 0 Å². The second-order valence-corrected chi connectivity index (χ2v) is 19.7. The van der Waals surface area contributed by atoms with E-state index >= 15 is 0 Å². The second-order valence-electron chi connectivity index (χ2n) is 15.5. The molecule has 44 heavy (non-hydrogen) atoms. The summed E-state index contributed by atoms with van der Waals surface area (Å²) in [6.07, 6.45) is 0. The Bertz CT molecular complexity index is 874. The van der Waals surface area contributed by atoms with Crippen LogP contribution in [0.1, 0.15) is 106 Å². The molecule has 1 aromatic rings. The first-order chi connectivity index (χ1) is 16.4. The van der Waals surface area contributed by atoms with Gasteiger partial charge in [0.15, 0.2) is 0 Å². The first-order valence-corrected chi connectivity index (χ1v) is 17.9. The van der Waals surface area contributed by atoms with E-state index in [1.165, 1.54) is 5.56 Å². The van der Waals surface area contributed by atoms with Crippen molar-refractivity contribution in [1.82, 2.24) is 0 Å². The van der Waals surface area contributed by atoms with Gasteiger partial charge in [0.1, 0.15) is 0 Å². The number of benzene rings is 1. The Morgan fingerprint density at radius 3 is 1.30 bits per heavy atom. The van der Waals surface area contributed by atoms with Crippen molar-refractivity contribution < 1.29 is 43.4 Å². The van der Waals surface area contributed by atoms with E-state index in [1.54, 1.807) is 5.56 Å². The van der Waals surface area contributed by atoms with Crippen LogP contribution in [0.25, 0.3) is 10.3 Å². The zero-order valence-electron chi connectivity index (χ0n) is 33.2. The van der Waals surface area contributed by atoms with Crippen molar-refractivity contribution in [2.75, 3.05) is 6.54 Å². The van der Waals surface area contributed by atoms with Gasteiger partial charge in [-0.1, -0.05) is 140 Å². The van der Waals surface area contributed by atoms with Crippen LogP contribution in [-0.2, 0) is 43.4 Å². The van der Waals surface area contributed by atoms with E-state index in [1.807, 2.05) is 0 Å². The van der Waals surface area contributed by atoms with Crippen LogP contribution in [0.15, 0.2) is 24.3 Å². The van der Waals surface area contributed by atoms with Gasteiger partial charge < -0.3 is 54.9 Å². The standard InChI is InChI=1S/C33H58N2Si.6CH3.2Ti/c1-20-22(3)28(19-34-32(7,8)9)29(23(20)4)26-15-17-27(18-16-26)30-24(5)21(2)25(6)31(30)36(13,14)35-33(10,11)12;;;;;;;;/h15-18,20-25,28-31H,19H2,1-14H3;6*1H3;;/q-2;6*-1;2*+4. The smallest absolute Gasteiger partial charge is 0.660 e. The molecule has 0 aliphatic heterocycles. The van der Waals surface area contributed by atoms with Gasteiger partial charge in [-0.15, -0.1) is 17.6 Å². The summed E-state index contributed by atoms with van der Waals surface area (Å²) in [7, 11) is -1.79. The van der Waals surface area contributed by atoms with Crippen molar-refractivity contribution in [3.63, 3.8) is 0 Å². The van der Waals surface area contributed by atoms with Crippen molar-refractivity contribution in [2.24, 2.45) is 41.4 Å². The largest absolute Gasteiger partial charge is 4.00 e. The Kier molecular flexibility index (Phi) is 27.2. The summed E-state index contributed by atoms with van der Waals surface area (Å²) in [5.74, 6) is 6.15. The fourth-order valence-corrected chi connectivity index (χ4v) is 13.2. The Morgan fingerprint density at radius 1 is 0.545 bits per heavy atom. The average molecular weight is 697 g/mol. The molecule has 3 rings (SSSR count). The maximum absolute atomic E-state index is 5.50. The van der Waals surface area contributed by atoms with E-state index in [0.29, 0.717) is 41.0 Å². The maximum atomic E-state index is 5.50. The van der Waals surface area contributed by atoms with Crippen molar-refractivity contribution in [1.29, 1.82) is 0 Å². The van der Waals surface area contributed by atoms with Crippen molar-refractivity contribution in [3.8, 4) is 0 Å². The third-order valence-electron chi connectivity index (χ3n) is 10.5. The molecule has 2 nitrogen and oxygen atoms in total. The average Bonchev–Trinajstić information content (AvgIpc) is 3.10. The minimum atomic E-state index is -1.79. The van der Waals surface area contributed by atoms with Gasteiger partial charge in [0.05, 0.1) is 0 Å². The van der Waals surface area contributed by atoms with Crippen molar-refractivity contribution >= 4 is 8.24 Å². The van der Waals surface area contributed by atoms with Crippen LogP contribution < -0.4 is 0 Å². The van der Waals surface area contributed by atoms with Crippen LogP contribution in [0.4, 0.5) is 0 Å². The van der Waals surface area contributed by atoms with Crippen molar-refractivity contribution in [3.05, 3.63) is 90.3 Å². The molecule has 0 heterocycles. The van der Waals surface area contributed by atoms with E-state index in [2.05, 4.69) is 120 Å². The summed E-state index contributed by atoms with van der Waals surface area (Å²) in [5, 5.41) is 5.10. The molecule has 254 valence electrons. The molecule has 5 heteroatoms. The summed E-state index contributed by atoms with van der Waals surface area (Å²) in [6, 6.07) is 10.0. The minimum absolute atomic E-state index is 0. The van der Waals surface area contributed by atoms with E-state index in [4.69, 9.17) is 10.3 Å². The van der Waals surface area contributed by atoms with Gasteiger partial charge in [-0.05, 0) is 58.5 Å². The maximum Gasteiger partial charge on any atom is 4.00 e. The summed E-state index contributed by atoms with van der Waals surface area (Å²) in [4.78, 5) is 5.50. The molecule has 0 radical (unpaired) electrons. The molecule has 2 aliphatic carbocycles. The van der Waals surface area contributed by atoms with E-state index < -0.39 is 8.24 Å². The van der Waals surface area contributed by atoms with Gasteiger partial charge >= 0.3 is 43.4 Å². The Balaban J connectivity index is -0.000000451. The third kappa shape index (κ3) is 12.7. The summed E-state index contributed by atoms with van der Waals surface area (Å²) < 4.78 is 0. The molecule has 0 amide bonds. The normalized spacial score (nSPS) is 31.1. The molecule has 2 fully saturated rings. The number of hydrogen-bond acceptors (Lipinski definition) is 0. The summed E-state index contributed by atoms with van der Waals surface area (Å²) in [5.41, 5.74) is 3.86. The first kappa shape index (κ1) is 57.1. The van der Waals surface area contributed by atoms with E-state index in [9.17, 15) is 0 Å². The topological polar surface area (TPSA) is 28.2 Å². The number of hydrogen-bond donors (Lipinski definition) is 0. The molecule has 2 aliphatic rings. The molecule has 0 N–H and O–H groups in total. The van der Waals surface area contributed by atoms with E-state index in [-0.39, 0.29) is 99.1 Å². The quantitative estimate of drug-likeness (QED) is 0.209. The molecule has 0 saturated heterocycles. The summed E-state index contributed by atoms with van der Waals surface area (Å²) in [6.45, 7) is 34.5. The third-order valence-corrected chi connectivity index (χ3v) is 14.2. The number of nitrogens with zero attached hydrogens (tertiary/aromatic N) is 2.